The highest BCUT2D eigenvalue weighted by Crippen LogP contribution is 2.05. The van der Waals surface area contributed by atoms with Crippen molar-refractivity contribution < 1.29 is 9.59 Å². The minimum absolute atomic E-state index is 0.0645. The Balaban J connectivity index is -0.000000675. The number of aldehydes is 1. The van der Waals surface area contributed by atoms with Crippen molar-refractivity contribution in [2.24, 2.45) is 5.92 Å². The number of carbonyl (C=O) groups is 2. The Morgan fingerprint density at radius 2 is 1.82 bits per heavy atom. The van der Waals surface area contributed by atoms with Crippen molar-refractivity contribution in [2.45, 2.75) is 93.7 Å². The summed E-state index contributed by atoms with van der Waals surface area (Å²) in [4.78, 5) is 20.7. The molecule has 28 heavy (non-hydrogen) atoms. The maximum atomic E-state index is 11.6. The molecule has 0 fully saturated rings. The highest BCUT2D eigenvalue weighted by molar-refractivity contribution is 5.75. The smallest absolute Gasteiger partial charge is 0.220 e. The summed E-state index contributed by atoms with van der Waals surface area (Å²) in [6, 6.07) is 0. The van der Waals surface area contributed by atoms with Crippen LogP contribution in [0.25, 0.3) is 0 Å². The third-order valence-corrected chi connectivity index (χ3v) is 3.22. The molecular weight excluding hydrogens is 354 g/mol. The molecule has 7 nitrogen and oxygen atoms in total. The van der Waals surface area contributed by atoms with E-state index >= 15 is 0 Å². The second kappa shape index (κ2) is 25.2. The first-order valence-electron chi connectivity index (χ1n) is 10.8. The molecule has 0 atom stereocenters. The number of aryl methyl sites for hydroxylation is 1. The minimum atomic E-state index is 0.0645. The van der Waals surface area contributed by atoms with Gasteiger partial charge in [0.15, 0.2) is 0 Å². The second-order valence-electron chi connectivity index (χ2n) is 6.07. The third-order valence-electron chi connectivity index (χ3n) is 3.22. The summed E-state index contributed by atoms with van der Waals surface area (Å²) < 4.78 is 1.85. The van der Waals surface area contributed by atoms with Crippen molar-refractivity contribution in [3.8, 4) is 0 Å². The molecule has 166 valence electrons. The van der Waals surface area contributed by atoms with Crippen molar-refractivity contribution in [2.75, 3.05) is 13.6 Å². The number of rotatable bonds is 11. The molecule has 7 heteroatoms. The summed E-state index contributed by atoms with van der Waals surface area (Å²) in [6.45, 7) is 16.5. The molecule has 0 aliphatic carbocycles. The molecule has 1 aromatic rings. The number of carbonyl (C=O) groups excluding carboxylic acids is 2. The van der Waals surface area contributed by atoms with E-state index in [1.807, 2.05) is 52.5 Å². The third kappa shape index (κ3) is 22.3. The van der Waals surface area contributed by atoms with Gasteiger partial charge in [-0.3, -0.25) is 9.48 Å². The predicted octanol–water partition coefficient (Wildman–Crippen LogP) is 3.98. The van der Waals surface area contributed by atoms with Gasteiger partial charge in [-0.15, -0.1) is 5.10 Å². The van der Waals surface area contributed by atoms with Gasteiger partial charge in [0.2, 0.25) is 5.91 Å². The van der Waals surface area contributed by atoms with Crippen molar-refractivity contribution in [1.82, 2.24) is 25.6 Å². The van der Waals surface area contributed by atoms with Crippen LogP contribution in [0.5, 0.6) is 0 Å². The van der Waals surface area contributed by atoms with Crippen molar-refractivity contribution >= 4 is 12.2 Å². The Morgan fingerprint density at radius 3 is 2.32 bits per heavy atom. The molecule has 0 aliphatic rings. The Hall–Kier alpha value is -1.76. The zero-order valence-electron chi connectivity index (χ0n) is 19.5. The van der Waals surface area contributed by atoms with E-state index in [4.69, 9.17) is 0 Å². The van der Waals surface area contributed by atoms with Crippen LogP contribution in [0.4, 0.5) is 0 Å². The Kier molecular flexibility index (Phi) is 27.9. The molecule has 0 radical (unpaired) electrons. The van der Waals surface area contributed by atoms with Crippen LogP contribution in [0.3, 0.4) is 0 Å². The van der Waals surface area contributed by atoms with Crippen LogP contribution in [-0.4, -0.2) is 40.8 Å². The van der Waals surface area contributed by atoms with Crippen molar-refractivity contribution in [1.29, 1.82) is 0 Å². The predicted molar refractivity (Wildman–Crippen MR) is 118 cm³/mol. The van der Waals surface area contributed by atoms with Gasteiger partial charge in [-0.05, 0) is 38.8 Å². The lowest BCUT2D eigenvalue weighted by atomic mass is 10.1. The summed E-state index contributed by atoms with van der Waals surface area (Å²) >= 11 is 0. The maximum absolute atomic E-state index is 11.6. The van der Waals surface area contributed by atoms with Gasteiger partial charge < -0.3 is 15.4 Å². The van der Waals surface area contributed by atoms with Crippen LogP contribution in [0.15, 0.2) is 6.20 Å². The lowest BCUT2D eigenvalue weighted by Gasteiger charge is -2.03. The first-order valence-corrected chi connectivity index (χ1v) is 10.8. The number of aromatic nitrogens is 3. The van der Waals surface area contributed by atoms with Crippen LogP contribution >= 0.6 is 0 Å². The molecule has 0 unspecified atom stereocenters. The van der Waals surface area contributed by atoms with Gasteiger partial charge in [0.1, 0.15) is 12.0 Å². The van der Waals surface area contributed by atoms with Crippen LogP contribution < -0.4 is 10.6 Å². The molecule has 2 N–H and O–H groups in total. The molecule has 1 aromatic heterocycles. The average Bonchev–Trinajstić information content (AvgIpc) is 3.17. The van der Waals surface area contributed by atoms with E-state index in [1.54, 1.807) is 0 Å². The molecule has 1 amide bonds. The normalized spacial score (nSPS) is 9.18. The van der Waals surface area contributed by atoms with Crippen LogP contribution in [-0.2, 0) is 22.7 Å². The van der Waals surface area contributed by atoms with E-state index in [-0.39, 0.29) is 5.91 Å². The highest BCUT2D eigenvalue weighted by atomic mass is 16.1. The van der Waals surface area contributed by atoms with Gasteiger partial charge in [0.25, 0.3) is 0 Å². The minimum Gasteiger partial charge on any atom is -0.350 e. The highest BCUT2D eigenvalue weighted by Gasteiger charge is 2.04. The van der Waals surface area contributed by atoms with Crippen LogP contribution in [0.2, 0.25) is 0 Å². The summed E-state index contributed by atoms with van der Waals surface area (Å²) in [5.74, 6) is 0.782. The van der Waals surface area contributed by atoms with Gasteiger partial charge in [-0.1, -0.05) is 53.7 Å². The summed E-state index contributed by atoms with van der Waals surface area (Å²) in [5.41, 5.74) is 0.816. The van der Waals surface area contributed by atoms with E-state index in [0.29, 0.717) is 19.4 Å². The summed E-state index contributed by atoms with van der Waals surface area (Å²) in [5, 5.41) is 14.0. The number of hydrogen-bond donors (Lipinski definition) is 2. The molecule has 0 bridgehead atoms. The van der Waals surface area contributed by atoms with Gasteiger partial charge in [-0.2, -0.15) is 0 Å². The monoisotopic (exact) mass is 399 g/mol. The fraction of sp³-hybridized carbons (Fsp3) is 0.810. The van der Waals surface area contributed by atoms with Gasteiger partial charge in [-0.25, -0.2) is 0 Å². The van der Waals surface area contributed by atoms with E-state index in [9.17, 15) is 9.59 Å². The zero-order valence-corrected chi connectivity index (χ0v) is 19.5. The Bertz CT molecular complexity index is 448. The second-order valence-corrected chi connectivity index (χ2v) is 6.07. The molecule has 0 aromatic carbocycles. The van der Waals surface area contributed by atoms with Gasteiger partial charge in [0, 0.05) is 19.4 Å². The van der Waals surface area contributed by atoms with Crippen LogP contribution in [0.1, 0.15) is 86.3 Å². The van der Waals surface area contributed by atoms with Crippen LogP contribution in [0, 0.1) is 5.92 Å². The maximum Gasteiger partial charge on any atom is 0.220 e. The van der Waals surface area contributed by atoms with Crippen molar-refractivity contribution in [3.63, 3.8) is 0 Å². The summed E-state index contributed by atoms with van der Waals surface area (Å²) in [6.07, 6.45) is 7.12. The lowest BCUT2D eigenvalue weighted by Crippen LogP contribution is -2.23. The van der Waals surface area contributed by atoms with E-state index in [2.05, 4.69) is 34.8 Å². The SMILES string of the molecule is CC.CC.CCC=O.CNCCCC(=O)NCc1cn(CCCC(C)C)nn1. The summed E-state index contributed by atoms with van der Waals surface area (Å²) in [7, 11) is 1.88. The Labute approximate surface area is 173 Å². The number of nitrogens with one attached hydrogen (secondary N) is 2. The largest absolute Gasteiger partial charge is 0.350 e. The van der Waals surface area contributed by atoms with E-state index < -0.39 is 0 Å². The van der Waals surface area contributed by atoms with Gasteiger partial charge >= 0.3 is 0 Å². The van der Waals surface area contributed by atoms with E-state index in [1.165, 1.54) is 6.42 Å². The Morgan fingerprint density at radius 1 is 1.21 bits per heavy atom. The number of amides is 1. The fourth-order valence-electron chi connectivity index (χ4n) is 1.89. The standard InChI is InChI=1S/C14H27N5O.C3H6O.2C2H6/c1-12(2)6-5-9-19-11-13(17-18-19)10-16-14(20)7-4-8-15-3;1-2-3-4;2*1-2/h11-12,15H,4-10H2,1-3H3,(H,16,20);3H,2H2,1H3;2*1-2H3. The van der Waals surface area contributed by atoms with Crippen molar-refractivity contribution in [3.05, 3.63) is 11.9 Å². The molecular formula is C21H45N5O2. The molecule has 0 saturated carbocycles. The topological polar surface area (TPSA) is 88.9 Å². The number of nitrogens with zero attached hydrogens (tertiary/aromatic N) is 3. The van der Waals surface area contributed by atoms with Gasteiger partial charge in [0.05, 0.1) is 12.7 Å². The molecule has 0 saturated heterocycles. The van der Waals surface area contributed by atoms with E-state index in [0.717, 1.165) is 43.8 Å². The molecule has 1 heterocycles. The lowest BCUT2D eigenvalue weighted by molar-refractivity contribution is -0.121. The average molecular weight is 400 g/mol. The zero-order chi connectivity index (χ0) is 22.2. The first-order chi connectivity index (χ1) is 13.5. The quantitative estimate of drug-likeness (QED) is 0.434. The fourth-order valence-corrected chi connectivity index (χ4v) is 1.89. The molecule has 1 rings (SSSR count). The molecule has 0 spiro atoms. The molecule has 0 aliphatic heterocycles. The first kappa shape index (κ1) is 31.0. The number of hydrogen-bond acceptors (Lipinski definition) is 5.